The summed E-state index contributed by atoms with van der Waals surface area (Å²) in [5.74, 6) is -2.84. The number of hydrogen-bond donors (Lipinski definition) is 1. The first-order valence-corrected chi connectivity index (χ1v) is 12.3. The molecular weight excluding hydrogens is 466 g/mol. The number of methoxy groups -OCH3 is 1. The lowest BCUT2D eigenvalue weighted by Crippen LogP contribution is -2.56. The molecule has 2 aliphatic rings. The van der Waals surface area contributed by atoms with E-state index >= 15 is 0 Å². The number of nitrogens with zero attached hydrogens (tertiary/aromatic N) is 2. The summed E-state index contributed by atoms with van der Waals surface area (Å²) in [6.07, 6.45) is 1.72. The summed E-state index contributed by atoms with van der Waals surface area (Å²) >= 11 is 0. The van der Waals surface area contributed by atoms with Crippen LogP contribution in [0.2, 0.25) is 0 Å². The molecule has 36 heavy (non-hydrogen) atoms. The number of nitrogens with one attached hydrogen (secondary N) is 1. The van der Waals surface area contributed by atoms with Gasteiger partial charge in [-0.1, -0.05) is 30.3 Å². The molecule has 0 saturated carbocycles. The molecule has 0 bridgehead atoms. The molecule has 2 heterocycles. The minimum Gasteiger partial charge on any atom is -0.463 e. The van der Waals surface area contributed by atoms with Gasteiger partial charge in [-0.2, -0.15) is 0 Å². The second-order valence-corrected chi connectivity index (χ2v) is 10.1. The van der Waals surface area contributed by atoms with Crippen LogP contribution in [0.1, 0.15) is 52.0 Å². The highest BCUT2D eigenvalue weighted by Gasteiger charge is 2.43. The fraction of sp³-hybridized carbons (Fsp3) is 0.577. The Balaban J connectivity index is 1.73. The summed E-state index contributed by atoms with van der Waals surface area (Å²) in [4.78, 5) is 66.8. The van der Waals surface area contributed by atoms with Crippen LogP contribution in [0.25, 0.3) is 0 Å². The summed E-state index contributed by atoms with van der Waals surface area (Å²) < 4.78 is 10.1. The first-order chi connectivity index (χ1) is 17.0. The average Bonchev–Trinajstić information content (AvgIpc) is 3.51. The van der Waals surface area contributed by atoms with Crippen LogP contribution in [0.4, 0.5) is 4.79 Å². The van der Waals surface area contributed by atoms with Gasteiger partial charge in [-0.05, 0) is 65.0 Å². The van der Waals surface area contributed by atoms with Gasteiger partial charge < -0.3 is 9.47 Å². The lowest BCUT2D eigenvalue weighted by atomic mass is 9.99. The normalized spacial score (nSPS) is 21.1. The molecule has 10 heteroatoms. The van der Waals surface area contributed by atoms with Crippen molar-refractivity contribution in [1.29, 1.82) is 0 Å². The zero-order valence-electron chi connectivity index (χ0n) is 21.3. The molecule has 1 aromatic rings. The smallest absolute Gasteiger partial charge is 0.410 e. The Morgan fingerprint density at radius 1 is 0.972 bits per heavy atom. The van der Waals surface area contributed by atoms with Gasteiger partial charge in [-0.15, -0.1) is 0 Å². The third-order valence-electron chi connectivity index (χ3n) is 6.39. The lowest BCUT2D eigenvalue weighted by molar-refractivity contribution is -0.154. The fourth-order valence-electron chi connectivity index (χ4n) is 4.74. The maximum atomic E-state index is 13.2. The van der Waals surface area contributed by atoms with Crippen molar-refractivity contribution in [2.75, 3.05) is 20.2 Å². The van der Waals surface area contributed by atoms with Crippen molar-refractivity contribution in [1.82, 2.24) is 15.1 Å². The van der Waals surface area contributed by atoms with E-state index in [1.807, 2.05) is 30.3 Å². The molecule has 0 aromatic heterocycles. The number of imide groups is 1. The van der Waals surface area contributed by atoms with E-state index in [2.05, 4.69) is 10.1 Å². The van der Waals surface area contributed by atoms with E-state index in [0.29, 0.717) is 38.8 Å². The quantitative estimate of drug-likeness (QED) is 0.341. The molecule has 3 amide bonds. The molecular formula is C26H35N3O7. The number of hydrogen-bond acceptors (Lipinski definition) is 8. The molecule has 2 saturated heterocycles. The first-order valence-electron chi connectivity index (χ1n) is 12.3. The molecule has 0 aliphatic carbocycles. The SMILES string of the molecule is COC(=O)C(=O)C(Cc1ccccc1)N1CCC[C@H]1C(=O)NC(=O)[C@@H]1CCCN1C(=O)OC(C)(C)C. The van der Waals surface area contributed by atoms with Crippen LogP contribution in [0, 0.1) is 0 Å². The maximum absolute atomic E-state index is 13.2. The van der Waals surface area contributed by atoms with E-state index < -0.39 is 53.4 Å². The van der Waals surface area contributed by atoms with Crippen molar-refractivity contribution in [2.24, 2.45) is 0 Å². The predicted octanol–water partition coefficient (Wildman–Crippen LogP) is 1.85. The summed E-state index contributed by atoms with van der Waals surface area (Å²) in [6.45, 7) is 6.02. The Hall–Kier alpha value is -3.27. The van der Waals surface area contributed by atoms with Gasteiger partial charge in [0.2, 0.25) is 11.8 Å². The average molecular weight is 502 g/mol. The molecule has 2 aliphatic heterocycles. The molecule has 196 valence electrons. The number of ether oxygens (including phenoxy) is 2. The summed E-state index contributed by atoms with van der Waals surface area (Å²) in [5, 5.41) is 2.45. The van der Waals surface area contributed by atoms with Gasteiger partial charge in [-0.3, -0.25) is 29.5 Å². The van der Waals surface area contributed by atoms with Crippen molar-refractivity contribution < 1.29 is 33.4 Å². The minimum absolute atomic E-state index is 0.224. The molecule has 1 aromatic carbocycles. The number of carbonyl (C=O) groups is 5. The molecule has 2 fully saturated rings. The van der Waals surface area contributed by atoms with Gasteiger partial charge in [0.15, 0.2) is 0 Å². The van der Waals surface area contributed by atoms with Crippen LogP contribution in [-0.2, 0) is 35.1 Å². The molecule has 10 nitrogen and oxygen atoms in total. The number of ketones is 1. The lowest BCUT2D eigenvalue weighted by Gasteiger charge is -2.31. The topological polar surface area (TPSA) is 122 Å². The van der Waals surface area contributed by atoms with Crippen molar-refractivity contribution in [3.8, 4) is 0 Å². The van der Waals surface area contributed by atoms with Crippen LogP contribution < -0.4 is 5.32 Å². The van der Waals surface area contributed by atoms with Gasteiger partial charge in [0.1, 0.15) is 11.6 Å². The summed E-state index contributed by atoms with van der Waals surface area (Å²) in [5.41, 5.74) is 0.127. The predicted molar refractivity (Wildman–Crippen MR) is 130 cm³/mol. The molecule has 3 atom stereocenters. The van der Waals surface area contributed by atoms with Gasteiger partial charge >= 0.3 is 12.1 Å². The van der Waals surface area contributed by atoms with Crippen LogP contribution in [0.3, 0.4) is 0 Å². The Bertz CT molecular complexity index is 989. The highest BCUT2D eigenvalue weighted by Crippen LogP contribution is 2.25. The summed E-state index contributed by atoms with van der Waals surface area (Å²) in [6, 6.07) is 6.72. The number of carbonyl (C=O) groups excluding carboxylic acids is 5. The van der Waals surface area contributed by atoms with Gasteiger partial charge in [0, 0.05) is 6.54 Å². The monoisotopic (exact) mass is 501 g/mol. The number of esters is 1. The zero-order valence-corrected chi connectivity index (χ0v) is 21.3. The van der Waals surface area contributed by atoms with Crippen LogP contribution in [-0.4, -0.2) is 83.4 Å². The number of Topliss-reactive ketones (excluding diaryl/α,β-unsaturated/α-hetero) is 1. The number of likely N-dealkylation sites (tertiary alicyclic amines) is 2. The molecule has 0 spiro atoms. The van der Waals surface area contributed by atoms with E-state index in [1.165, 1.54) is 4.90 Å². The summed E-state index contributed by atoms with van der Waals surface area (Å²) in [7, 11) is 1.14. The van der Waals surface area contributed by atoms with Crippen LogP contribution >= 0.6 is 0 Å². The van der Waals surface area contributed by atoms with Gasteiger partial charge in [0.25, 0.3) is 5.78 Å². The largest absolute Gasteiger partial charge is 0.463 e. The van der Waals surface area contributed by atoms with E-state index in [-0.39, 0.29) is 6.42 Å². The fourth-order valence-corrected chi connectivity index (χ4v) is 4.74. The highest BCUT2D eigenvalue weighted by atomic mass is 16.6. The van der Waals surface area contributed by atoms with E-state index in [0.717, 1.165) is 12.7 Å². The highest BCUT2D eigenvalue weighted by molar-refractivity contribution is 6.35. The Kier molecular flexibility index (Phi) is 8.84. The second kappa shape index (κ2) is 11.6. The van der Waals surface area contributed by atoms with E-state index in [1.54, 1.807) is 25.7 Å². The third kappa shape index (κ3) is 6.69. The Morgan fingerprint density at radius 2 is 1.58 bits per heavy atom. The molecule has 0 radical (unpaired) electrons. The van der Waals surface area contributed by atoms with Crippen molar-refractivity contribution in [2.45, 2.75) is 76.6 Å². The van der Waals surface area contributed by atoms with Gasteiger partial charge in [-0.25, -0.2) is 9.59 Å². The standard InChI is InChI=1S/C26H35N3O7/c1-26(2,3)36-25(34)29-15-9-13-19(29)23(32)27-22(31)18-12-8-14-28(18)20(21(30)24(33)35-4)16-17-10-6-5-7-11-17/h5-7,10-11,18-20H,8-9,12-16H2,1-4H3,(H,27,31,32)/t18-,19-,20?/m0/s1. The second-order valence-electron chi connectivity index (χ2n) is 10.1. The number of rotatable bonds is 7. The van der Waals surface area contributed by atoms with Gasteiger partial charge in [0.05, 0.1) is 19.2 Å². The van der Waals surface area contributed by atoms with Crippen LogP contribution in [0.5, 0.6) is 0 Å². The third-order valence-corrected chi connectivity index (χ3v) is 6.39. The number of benzene rings is 1. The van der Waals surface area contributed by atoms with Crippen molar-refractivity contribution >= 4 is 29.7 Å². The number of amides is 3. The zero-order chi connectivity index (χ0) is 26.5. The van der Waals surface area contributed by atoms with Crippen molar-refractivity contribution in [3.63, 3.8) is 0 Å². The Morgan fingerprint density at radius 3 is 2.22 bits per heavy atom. The van der Waals surface area contributed by atoms with Crippen LogP contribution in [0.15, 0.2) is 30.3 Å². The molecule has 1 unspecified atom stereocenters. The van der Waals surface area contributed by atoms with Crippen molar-refractivity contribution in [3.05, 3.63) is 35.9 Å². The molecule has 1 N–H and O–H groups in total. The van der Waals surface area contributed by atoms with E-state index in [4.69, 9.17) is 4.74 Å². The Labute approximate surface area is 211 Å². The minimum atomic E-state index is -0.975. The first kappa shape index (κ1) is 27.3. The maximum Gasteiger partial charge on any atom is 0.410 e. The van der Waals surface area contributed by atoms with E-state index in [9.17, 15) is 24.0 Å². The molecule has 3 rings (SSSR count).